The molecule has 8 heteroatoms. The van der Waals surface area contributed by atoms with Crippen LogP contribution >= 0.6 is 27.3 Å². The topological polar surface area (TPSA) is 71.0 Å². The number of hydrogen-bond donors (Lipinski definition) is 1. The molecule has 27 heavy (non-hydrogen) atoms. The summed E-state index contributed by atoms with van der Waals surface area (Å²) in [5.74, 6) is 0.317. The van der Waals surface area contributed by atoms with E-state index in [1.807, 2.05) is 32.3 Å². The van der Waals surface area contributed by atoms with Crippen molar-refractivity contribution in [1.29, 1.82) is 0 Å². The number of benzene rings is 1. The highest BCUT2D eigenvalue weighted by Crippen LogP contribution is 2.34. The maximum absolute atomic E-state index is 12.8. The van der Waals surface area contributed by atoms with E-state index in [9.17, 15) is 4.79 Å². The van der Waals surface area contributed by atoms with Crippen molar-refractivity contribution in [3.05, 3.63) is 63.2 Å². The summed E-state index contributed by atoms with van der Waals surface area (Å²) in [5.41, 5.74) is 1.31. The van der Waals surface area contributed by atoms with Crippen LogP contribution in [0.15, 0.2) is 47.1 Å². The van der Waals surface area contributed by atoms with Crippen LogP contribution in [0.1, 0.15) is 34.8 Å². The molecule has 0 atom stereocenters. The lowest BCUT2D eigenvalue weighted by Crippen LogP contribution is -2.19. The van der Waals surface area contributed by atoms with Gasteiger partial charge >= 0.3 is 0 Å². The summed E-state index contributed by atoms with van der Waals surface area (Å²) in [5, 5.41) is 12.6. The minimum absolute atomic E-state index is 0.271. The number of carbonyl (C=O) groups is 1. The Hall–Kier alpha value is -2.32. The maximum Gasteiger partial charge on any atom is 0.261 e. The van der Waals surface area contributed by atoms with Gasteiger partial charge in [-0.3, -0.25) is 10.1 Å². The largest absolute Gasteiger partial charge is 0.362 e. The van der Waals surface area contributed by atoms with Crippen molar-refractivity contribution < 1.29 is 4.79 Å². The van der Waals surface area contributed by atoms with Crippen molar-refractivity contribution in [1.82, 2.24) is 15.2 Å². The van der Waals surface area contributed by atoms with Gasteiger partial charge in [-0.2, -0.15) is 0 Å². The average molecular weight is 446 g/mol. The number of rotatable bonds is 5. The van der Waals surface area contributed by atoms with E-state index in [-0.39, 0.29) is 11.3 Å². The molecule has 1 amide bonds. The van der Waals surface area contributed by atoms with Crippen molar-refractivity contribution in [2.75, 3.05) is 24.3 Å². The first-order valence-corrected chi connectivity index (χ1v) is 9.93. The lowest BCUT2D eigenvalue weighted by atomic mass is 9.85. The van der Waals surface area contributed by atoms with Crippen molar-refractivity contribution in [2.24, 2.45) is 0 Å². The Labute approximate surface area is 170 Å². The second kappa shape index (κ2) is 7.74. The van der Waals surface area contributed by atoms with Gasteiger partial charge in [-0.15, -0.1) is 10.2 Å². The monoisotopic (exact) mass is 445 g/mol. The van der Waals surface area contributed by atoms with Crippen molar-refractivity contribution in [3.8, 4) is 0 Å². The quantitative estimate of drug-likeness (QED) is 0.632. The van der Waals surface area contributed by atoms with E-state index in [0.29, 0.717) is 16.5 Å². The Morgan fingerprint density at radius 1 is 1.19 bits per heavy atom. The molecule has 0 unspecified atom stereocenters. The molecule has 0 aliphatic carbocycles. The summed E-state index contributed by atoms with van der Waals surface area (Å²) in [6, 6.07) is 11.9. The molecular formula is C19H20BrN5OS. The summed E-state index contributed by atoms with van der Waals surface area (Å²) in [6.45, 7) is 4.19. The molecule has 0 radical (unpaired) electrons. The molecule has 3 aromatic rings. The number of carbonyl (C=O) groups excluding carboxylic acids is 1. The van der Waals surface area contributed by atoms with Crippen LogP contribution in [0.4, 0.5) is 10.9 Å². The smallest absolute Gasteiger partial charge is 0.261 e. The first kappa shape index (κ1) is 19.4. The number of anilines is 2. The summed E-state index contributed by atoms with van der Waals surface area (Å²) in [6.07, 6.45) is 1.66. The molecule has 1 aromatic carbocycles. The van der Waals surface area contributed by atoms with E-state index in [1.165, 1.54) is 11.3 Å². The zero-order valence-electron chi connectivity index (χ0n) is 15.5. The third kappa shape index (κ3) is 4.17. The lowest BCUT2D eigenvalue weighted by Gasteiger charge is -2.21. The van der Waals surface area contributed by atoms with Crippen molar-refractivity contribution in [3.63, 3.8) is 0 Å². The number of halogens is 1. The van der Waals surface area contributed by atoms with Gasteiger partial charge in [0, 0.05) is 30.2 Å². The van der Waals surface area contributed by atoms with Gasteiger partial charge in [0.1, 0.15) is 10.8 Å². The predicted octanol–water partition coefficient (Wildman–Crippen LogP) is 4.34. The Kier molecular flexibility index (Phi) is 5.57. The average Bonchev–Trinajstić information content (AvgIpc) is 3.11. The normalized spacial score (nSPS) is 11.3. The van der Waals surface area contributed by atoms with Crippen molar-refractivity contribution in [2.45, 2.75) is 19.3 Å². The number of hydrogen-bond acceptors (Lipinski definition) is 6. The molecule has 1 N–H and O–H groups in total. The van der Waals surface area contributed by atoms with E-state index in [1.54, 1.807) is 17.2 Å². The zero-order valence-corrected chi connectivity index (χ0v) is 17.9. The molecule has 0 saturated heterocycles. The van der Waals surface area contributed by atoms with Crippen LogP contribution in [-0.4, -0.2) is 35.2 Å². The second-order valence-corrected chi connectivity index (χ2v) is 8.67. The fourth-order valence-corrected chi connectivity index (χ4v) is 3.82. The van der Waals surface area contributed by atoms with E-state index in [4.69, 9.17) is 0 Å². The lowest BCUT2D eigenvalue weighted by molar-refractivity contribution is 0.102. The van der Waals surface area contributed by atoms with Crippen LogP contribution < -0.4 is 10.2 Å². The van der Waals surface area contributed by atoms with Crippen LogP contribution in [0.2, 0.25) is 0 Å². The molecule has 0 bridgehead atoms. The molecule has 0 saturated carbocycles. The van der Waals surface area contributed by atoms with Crippen LogP contribution in [-0.2, 0) is 5.41 Å². The summed E-state index contributed by atoms with van der Waals surface area (Å²) in [4.78, 5) is 18.9. The Morgan fingerprint density at radius 3 is 2.56 bits per heavy atom. The molecule has 2 aromatic heterocycles. The highest BCUT2D eigenvalue weighted by molar-refractivity contribution is 9.10. The SMILES string of the molecule is CN(C)c1ncc(Br)cc1C(=O)Nc1nnc(C(C)(C)c2ccccc2)s1. The zero-order chi connectivity index (χ0) is 19.6. The molecule has 3 rings (SSSR count). The molecular weight excluding hydrogens is 426 g/mol. The Morgan fingerprint density at radius 2 is 1.89 bits per heavy atom. The van der Waals surface area contributed by atoms with Gasteiger partial charge in [-0.25, -0.2) is 4.98 Å². The van der Waals surface area contributed by atoms with E-state index in [2.05, 4.69) is 62.4 Å². The third-order valence-electron chi connectivity index (χ3n) is 4.18. The van der Waals surface area contributed by atoms with Crippen LogP contribution in [0.5, 0.6) is 0 Å². The highest BCUT2D eigenvalue weighted by atomic mass is 79.9. The maximum atomic E-state index is 12.8. The first-order chi connectivity index (χ1) is 12.8. The fourth-order valence-electron chi connectivity index (χ4n) is 2.62. The van der Waals surface area contributed by atoms with E-state index >= 15 is 0 Å². The second-order valence-electron chi connectivity index (χ2n) is 6.78. The summed E-state index contributed by atoms with van der Waals surface area (Å²) >= 11 is 4.75. The number of amides is 1. The molecule has 0 fully saturated rings. The van der Waals surface area contributed by atoms with Gasteiger partial charge in [-0.05, 0) is 41.4 Å². The summed E-state index contributed by atoms with van der Waals surface area (Å²) in [7, 11) is 3.69. The fraction of sp³-hybridized carbons (Fsp3) is 0.263. The van der Waals surface area contributed by atoms with Gasteiger partial charge in [-0.1, -0.05) is 41.7 Å². The van der Waals surface area contributed by atoms with Crippen LogP contribution in [0, 0.1) is 0 Å². The number of nitrogens with one attached hydrogen (secondary N) is 1. The minimum Gasteiger partial charge on any atom is -0.362 e. The van der Waals surface area contributed by atoms with Gasteiger partial charge < -0.3 is 4.90 Å². The molecule has 140 valence electrons. The van der Waals surface area contributed by atoms with Gasteiger partial charge in [0.2, 0.25) is 5.13 Å². The number of aromatic nitrogens is 3. The third-order valence-corrected chi connectivity index (χ3v) is 5.77. The molecule has 0 aliphatic rings. The van der Waals surface area contributed by atoms with Crippen LogP contribution in [0.3, 0.4) is 0 Å². The molecule has 0 aliphatic heterocycles. The molecule has 2 heterocycles. The van der Waals surface area contributed by atoms with E-state index in [0.717, 1.165) is 15.0 Å². The van der Waals surface area contributed by atoms with Crippen molar-refractivity contribution >= 4 is 44.1 Å². The van der Waals surface area contributed by atoms with Gasteiger partial charge in [0.15, 0.2) is 0 Å². The van der Waals surface area contributed by atoms with Gasteiger partial charge in [0.05, 0.1) is 5.56 Å². The number of pyridine rings is 1. The first-order valence-electron chi connectivity index (χ1n) is 8.33. The Bertz CT molecular complexity index is 956. The van der Waals surface area contributed by atoms with Gasteiger partial charge in [0.25, 0.3) is 5.91 Å². The highest BCUT2D eigenvalue weighted by Gasteiger charge is 2.28. The summed E-state index contributed by atoms with van der Waals surface area (Å²) < 4.78 is 0.737. The minimum atomic E-state index is -0.298. The predicted molar refractivity (Wildman–Crippen MR) is 113 cm³/mol. The van der Waals surface area contributed by atoms with E-state index < -0.39 is 0 Å². The van der Waals surface area contributed by atoms with Crippen LogP contribution in [0.25, 0.3) is 0 Å². The standard InChI is InChI=1S/C19H20BrN5OS/c1-19(2,12-8-6-5-7-9-12)17-23-24-18(27-17)22-16(26)14-10-13(20)11-21-15(14)25(3)4/h5-11H,1-4H3,(H,22,24,26). The number of nitrogens with zero attached hydrogens (tertiary/aromatic N) is 4. The molecule has 6 nitrogen and oxygen atoms in total. The molecule has 0 spiro atoms. The Balaban J connectivity index is 1.85.